The van der Waals surface area contributed by atoms with Crippen molar-refractivity contribution >= 4 is 10.0 Å². The highest BCUT2D eigenvalue weighted by Gasteiger charge is 2.36. The topological polar surface area (TPSA) is 63.4 Å². The highest BCUT2D eigenvalue weighted by molar-refractivity contribution is 7.88. The Kier molecular flexibility index (Phi) is 5.41. The molecule has 5 heteroatoms. The number of nitrogens with two attached hydrogens (primary N) is 1. The molecular weight excluding hydrogens is 284 g/mol. The Hall–Kier alpha value is -0.910. The van der Waals surface area contributed by atoms with Gasteiger partial charge in [-0.25, -0.2) is 8.42 Å². The lowest BCUT2D eigenvalue weighted by atomic mass is 10.1. The van der Waals surface area contributed by atoms with E-state index in [4.69, 9.17) is 5.73 Å². The third kappa shape index (κ3) is 4.80. The third-order valence-corrected chi connectivity index (χ3v) is 5.71. The van der Waals surface area contributed by atoms with Crippen LogP contribution in [-0.4, -0.2) is 25.3 Å². The summed E-state index contributed by atoms with van der Waals surface area (Å²) in [6, 6.07) is 7.79. The van der Waals surface area contributed by atoms with Crippen molar-refractivity contribution in [1.29, 1.82) is 0 Å². The Balaban J connectivity index is 2.10. The lowest BCUT2D eigenvalue weighted by Gasteiger charge is -2.23. The van der Waals surface area contributed by atoms with E-state index in [-0.39, 0.29) is 11.8 Å². The van der Waals surface area contributed by atoms with Crippen molar-refractivity contribution in [2.45, 2.75) is 51.4 Å². The molecule has 1 aliphatic rings. The molecule has 0 heterocycles. The van der Waals surface area contributed by atoms with Crippen molar-refractivity contribution in [2.75, 3.05) is 6.54 Å². The fourth-order valence-corrected chi connectivity index (χ4v) is 4.25. The minimum absolute atomic E-state index is 0.0788. The summed E-state index contributed by atoms with van der Waals surface area (Å²) in [7, 11) is -3.24. The average molecular weight is 310 g/mol. The SMILES string of the molecule is CC(C)CCN(C1CC1)S(=O)(=O)Cc1cccc(CN)c1. The molecule has 1 aromatic rings. The molecule has 2 rings (SSSR count). The van der Waals surface area contributed by atoms with Gasteiger partial charge >= 0.3 is 0 Å². The molecule has 0 aliphatic heterocycles. The molecule has 0 amide bonds. The van der Waals surface area contributed by atoms with Crippen molar-refractivity contribution in [1.82, 2.24) is 4.31 Å². The zero-order valence-electron chi connectivity index (χ0n) is 13.0. The van der Waals surface area contributed by atoms with E-state index in [1.165, 1.54) is 0 Å². The molecule has 21 heavy (non-hydrogen) atoms. The number of hydrogen-bond acceptors (Lipinski definition) is 3. The molecule has 118 valence electrons. The van der Waals surface area contributed by atoms with Gasteiger partial charge in [0, 0.05) is 19.1 Å². The quantitative estimate of drug-likeness (QED) is 0.802. The molecule has 1 aliphatic carbocycles. The van der Waals surface area contributed by atoms with E-state index in [1.54, 1.807) is 4.31 Å². The molecule has 0 unspecified atom stereocenters. The van der Waals surface area contributed by atoms with Gasteiger partial charge in [0.2, 0.25) is 10.0 Å². The van der Waals surface area contributed by atoms with E-state index in [2.05, 4.69) is 13.8 Å². The fraction of sp³-hybridized carbons (Fsp3) is 0.625. The van der Waals surface area contributed by atoms with E-state index in [0.717, 1.165) is 30.4 Å². The summed E-state index contributed by atoms with van der Waals surface area (Å²) in [5, 5.41) is 0. The van der Waals surface area contributed by atoms with Gasteiger partial charge in [0.15, 0.2) is 0 Å². The van der Waals surface area contributed by atoms with Gasteiger partial charge in [-0.05, 0) is 36.3 Å². The van der Waals surface area contributed by atoms with Crippen molar-refractivity contribution in [3.63, 3.8) is 0 Å². The summed E-state index contributed by atoms with van der Waals surface area (Å²) in [6.07, 6.45) is 2.92. The summed E-state index contributed by atoms with van der Waals surface area (Å²) in [5.74, 6) is 0.595. The van der Waals surface area contributed by atoms with Gasteiger partial charge in [-0.2, -0.15) is 4.31 Å². The molecular formula is C16H26N2O2S. The molecule has 0 aromatic heterocycles. The molecule has 0 saturated heterocycles. The summed E-state index contributed by atoms with van der Waals surface area (Å²) in [6.45, 7) is 5.33. The molecule has 1 aromatic carbocycles. The van der Waals surface area contributed by atoms with Crippen LogP contribution in [0.1, 0.15) is 44.2 Å². The highest BCUT2D eigenvalue weighted by atomic mass is 32.2. The van der Waals surface area contributed by atoms with Gasteiger partial charge in [0.25, 0.3) is 0 Å². The molecule has 0 radical (unpaired) electrons. The minimum atomic E-state index is -3.24. The lowest BCUT2D eigenvalue weighted by Crippen LogP contribution is -2.35. The molecule has 1 saturated carbocycles. The summed E-state index contributed by atoms with van der Waals surface area (Å²) in [4.78, 5) is 0. The second-order valence-electron chi connectivity index (χ2n) is 6.30. The Morgan fingerprint density at radius 2 is 1.95 bits per heavy atom. The maximum Gasteiger partial charge on any atom is 0.218 e. The van der Waals surface area contributed by atoms with Gasteiger partial charge in [-0.1, -0.05) is 38.1 Å². The number of hydrogen-bond donors (Lipinski definition) is 1. The van der Waals surface area contributed by atoms with Gasteiger partial charge < -0.3 is 5.73 Å². The third-order valence-electron chi connectivity index (χ3n) is 3.81. The van der Waals surface area contributed by atoms with E-state index >= 15 is 0 Å². The molecule has 4 nitrogen and oxygen atoms in total. The van der Waals surface area contributed by atoms with Crippen molar-refractivity contribution in [3.8, 4) is 0 Å². The zero-order chi connectivity index (χ0) is 15.5. The molecule has 0 atom stereocenters. The monoisotopic (exact) mass is 310 g/mol. The highest BCUT2D eigenvalue weighted by Crippen LogP contribution is 2.31. The zero-order valence-corrected chi connectivity index (χ0v) is 13.8. The smallest absolute Gasteiger partial charge is 0.218 e. The van der Waals surface area contributed by atoms with Crippen LogP contribution in [0.15, 0.2) is 24.3 Å². The predicted molar refractivity (Wildman–Crippen MR) is 86.1 cm³/mol. The van der Waals surface area contributed by atoms with Gasteiger partial charge in [-0.15, -0.1) is 0 Å². The summed E-state index contributed by atoms with van der Waals surface area (Å²) >= 11 is 0. The summed E-state index contributed by atoms with van der Waals surface area (Å²) < 4.78 is 27.1. The Bertz CT molecular complexity index is 565. The molecule has 1 fully saturated rings. The van der Waals surface area contributed by atoms with E-state index in [9.17, 15) is 8.42 Å². The normalized spacial score (nSPS) is 15.9. The first-order valence-electron chi connectivity index (χ1n) is 7.70. The van der Waals surface area contributed by atoms with Crippen LogP contribution in [0.3, 0.4) is 0 Å². The molecule has 0 bridgehead atoms. The van der Waals surface area contributed by atoms with Gasteiger partial charge in [0.1, 0.15) is 0 Å². The summed E-state index contributed by atoms with van der Waals surface area (Å²) in [5.41, 5.74) is 7.42. The van der Waals surface area contributed by atoms with Crippen molar-refractivity contribution in [3.05, 3.63) is 35.4 Å². The Morgan fingerprint density at radius 1 is 1.29 bits per heavy atom. The first-order chi connectivity index (χ1) is 9.92. The first-order valence-corrected chi connectivity index (χ1v) is 9.30. The van der Waals surface area contributed by atoms with Crippen molar-refractivity contribution < 1.29 is 8.42 Å². The lowest BCUT2D eigenvalue weighted by molar-refractivity contribution is 0.373. The van der Waals surface area contributed by atoms with Crippen LogP contribution in [0.2, 0.25) is 0 Å². The van der Waals surface area contributed by atoms with Crippen LogP contribution >= 0.6 is 0 Å². The van der Waals surface area contributed by atoms with Crippen LogP contribution < -0.4 is 5.73 Å². The van der Waals surface area contributed by atoms with Gasteiger partial charge in [0.05, 0.1) is 5.75 Å². The number of rotatable bonds is 8. The van der Waals surface area contributed by atoms with Crippen LogP contribution in [-0.2, 0) is 22.3 Å². The Labute approximate surface area is 128 Å². The maximum atomic E-state index is 12.7. The predicted octanol–water partition coefficient (Wildman–Crippen LogP) is 2.49. The first kappa shape index (κ1) is 16.5. The standard InChI is InChI=1S/C16H26N2O2S/c1-13(2)8-9-18(16-6-7-16)21(19,20)12-15-5-3-4-14(10-15)11-17/h3-5,10,13,16H,6-9,11-12,17H2,1-2H3. The molecule has 0 spiro atoms. The van der Waals surface area contributed by atoms with E-state index in [0.29, 0.717) is 19.0 Å². The Morgan fingerprint density at radius 3 is 2.52 bits per heavy atom. The largest absolute Gasteiger partial charge is 0.326 e. The van der Waals surface area contributed by atoms with E-state index in [1.807, 2.05) is 24.3 Å². The van der Waals surface area contributed by atoms with E-state index < -0.39 is 10.0 Å². The van der Waals surface area contributed by atoms with Crippen LogP contribution in [0.5, 0.6) is 0 Å². The number of nitrogens with zero attached hydrogens (tertiary/aromatic N) is 1. The number of benzene rings is 1. The number of sulfonamides is 1. The molecule has 2 N–H and O–H groups in total. The van der Waals surface area contributed by atoms with Crippen LogP contribution in [0.4, 0.5) is 0 Å². The minimum Gasteiger partial charge on any atom is -0.326 e. The average Bonchev–Trinajstić information content (AvgIpc) is 3.22. The second kappa shape index (κ2) is 6.90. The van der Waals surface area contributed by atoms with Crippen LogP contribution in [0, 0.1) is 5.92 Å². The van der Waals surface area contributed by atoms with Gasteiger partial charge in [-0.3, -0.25) is 0 Å². The van der Waals surface area contributed by atoms with Crippen molar-refractivity contribution in [2.24, 2.45) is 11.7 Å². The maximum absolute atomic E-state index is 12.7. The second-order valence-corrected chi connectivity index (χ2v) is 8.23. The van der Waals surface area contributed by atoms with Crippen LogP contribution in [0.25, 0.3) is 0 Å². The fourth-order valence-electron chi connectivity index (χ4n) is 2.44.